The molecular formula is C16H20Cl2N2O5S. The summed E-state index contributed by atoms with van der Waals surface area (Å²) in [7, 11) is -4.15. The Kier molecular flexibility index (Phi) is 6.55. The number of ether oxygens (including phenoxy) is 1. The van der Waals surface area contributed by atoms with Crippen LogP contribution in [0.25, 0.3) is 0 Å². The van der Waals surface area contributed by atoms with E-state index in [2.05, 4.69) is 6.92 Å². The summed E-state index contributed by atoms with van der Waals surface area (Å²) in [6.07, 6.45) is 0.765. The van der Waals surface area contributed by atoms with E-state index in [1.54, 1.807) is 4.90 Å². The minimum atomic E-state index is -4.15. The number of sulfonamides is 1. The van der Waals surface area contributed by atoms with Crippen LogP contribution in [0.1, 0.15) is 37.0 Å². The number of nitrogens with zero attached hydrogens (tertiary/aromatic N) is 1. The van der Waals surface area contributed by atoms with Gasteiger partial charge in [-0.2, -0.15) is 0 Å². The summed E-state index contributed by atoms with van der Waals surface area (Å²) in [4.78, 5) is 26.0. The van der Waals surface area contributed by atoms with E-state index < -0.39 is 27.0 Å². The lowest BCUT2D eigenvalue weighted by Gasteiger charge is -2.31. The van der Waals surface area contributed by atoms with Crippen LogP contribution in [0.3, 0.4) is 0 Å². The zero-order chi connectivity index (χ0) is 19.6. The quantitative estimate of drug-likeness (QED) is 0.749. The van der Waals surface area contributed by atoms with Crippen LogP contribution in [0.2, 0.25) is 10.0 Å². The second kappa shape index (κ2) is 8.12. The number of esters is 1. The molecule has 26 heavy (non-hydrogen) atoms. The first-order chi connectivity index (χ1) is 12.0. The van der Waals surface area contributed by atoms with Crippen LogP contribution in [-0.4, -0.2) is 44.4 Å². The van der Waals surface area contributed by atoms with Gasteiger partial charge in [0.25, 0.3) is 5.91 Å². The highest BCUT2D eigenvalue weighted by Crippen LogP contribution is 2.29. The molecule has 1 aromatic carbocycles. The van der Waals surface area contributed by atoms with Gasteiger partial charge in [-0.15, -0.1) is 0 Å². The van der Waals surface area contributed by atoms with Crippen molar-refractivity contribution in [1.29, 1.82) is 0 Å². The second-order valence-corrected chi connectivity index (χ2v) is 8.71. The number of amides is 1. The Morgan fingerprint density at radius 1 is 1.23 bits per heavy atom. The van der Waals surface area contributed by atoms with Crippen molar-refractivity contribution in [3.05, 3.63) is 27.7 Å². The summed E-state index contributed by atoms with van der Waals surface area (Å²) in [5, 5.41) is 4.76. The van der Waals surface area contributed by atoms with Crippen molar-refractivity contribution in [1.82, 2.24) is 4.90 Å². The number of piperidine rings is 1. The molecule has 0 saturated carbocycles. The number of carbonyl (C=O) groups is 2. The summed E-state index contributed by atoms with van der Waals surface area (Å²) < 4.78 is 28.3. The molecule has 1 saturated heterocycles. The van der Waals surface area contributed by atoms with Crippen molar-refractivity contribution < 1.29 is 22.7 Å². The second-order valence-electron chi connectivity index (χ2n) is 6.36. The number of primary sulfonamides is 1. The van der Waals surface area contributed by atoms with Crippen molar-refractivity contribution >= 4 is 45.1 Å². The van der Waals surface area contributed by atoms with Gasteiger partial charge in [0.1, 0.15) is 4.90 Å². The first-order valence-electron chi connectivity index (χ1n) is 8.02. The highest BCUT2D eigenvalue weighted by molar-refractivity contribution is 7.89. The topological polar surface area (TPSA) is 107 Å². The van der Waals surface area contributed by atoms with Crippen molar-refractivity contribution in [2.45, 2.75) is 37.7 Å². The van der Waals surface area contributed by atoms with Gasteiger partial charge < -0.3 is 9.64 Å². The number of carbonyl (C=O) groups excluding carboxylic acids is 2. The van der Waals surface area contributed by atoms with E-state index in [1.807, 2.05) is 0 Å². The predicted octanol–water partition coefficient (Wildman–Crippen LogP) is 2.44. The molecule has 1 atom stereocenters. The smallest absolute Gasteiger partial charge is 0.340 e. The number of hydrogen-bond acceptors (Lipinski definition) is 5. The molecule has 2 rings (SSSR count). The lowest BCUT2D eigenvalue weighted by molar-refractivity contribution is -0.141. The number of hydrogen-bond donors (Lipinski definition) is 1. The van der Waals surface area contributed by atoms with E-state index >= 15 is 0 Å². The maximum absolute atomic E-state index is 12.4. The van der Waals surface area contributed by atoms with Gasteiger partial charge in [0.2, 0.25) is 10.0 Å². The van der Waals surface area contributed by atoms with Crippen LogP contribution in [0.5, 0.6) is 0 Å². The van der Waals surface area contributed by atoms with Crippen LogP contribution in [0, 0.1) is 5.92 Å². The molecule has 1 fully saturated rings. The summed E-state index contributed by atoms with van der Waals surface area (Å²) in [6, 6.07) is 2.04. The Labute approximate surface area is 162 Å². The maximum Gasteiger partial charge on any atom is 0.340 e. The third-order valence-corrected chi connectivity index (χ3v) is 5.96. The number of rotatable bonds is 4. The molecule has 2 N–H and O–H groups in total. The minimum absolute atomic E-state index is 0.0983. The molecular weight excluding hydrogens is 403 g/mol. The van der Waals surface area contributed by atoms with Gasteiger partial charge in [0, 0.05) is 13.1 Å². The zero-order valence-electron chi connectivity index (χ0n) is 14.4. The average Bonchev–Trinajstić information content (AvgIpc) is 2.53. The molecule has 1 aromatic rings. The number of nitrogens with two attached hydrogens (primary N) is 1. The molecule has 144 valence electrons. The molecule has 0 spiro atoms. The number of halogens is 2. The Bertz CT molecular complexity index is 820. The van der Waals surface area contributed by atoms with Crippen molar-refractivity contribution in [3.63, 3.8) is 0 Å². The summed E-state index contributed by atoms with van der Waals surface area (Å²) in [5.74, 6) is -0.675. The maximum atomic E-state index is 12.4. The monoisotopic (exact) mass is 422 g/mol. The van der Waals surface area contributed by atoms with Gasteiger partial charge in [0.15, 0.2) is 6.10 Å². The largest absolute Gasteiger partial charge is 0.449 e. The summed E-state index contributed by atoms with van der Waals surface area (Å²) in [5.41, 5.74) is -0.230. The fraction of sp³-hybridized carbons (Fsp3) is 0.500. The summed E-state index contributed by atoms with van der Waals surface area (Å²) >= 11 is 11.8. The molecule has 0 bridgehead atoms. The van der Waals surface area contributed by atoms with Gasteiger partial charge in [0.05, 0.1) is 15.6 Å². The molecule has 0 radical (unpaired) electrons. The van der Waals surface area contributed by atoms with Crippen LogP contribution in [0.4, 0.5) is 0 Å². The number of likely N-dealkylation sites (tertiary alicyclic amines) is 1. The fourth-order valence-corrected chi connectivity index (χ4v) is 4.06. The lowest BCUT2D eigenvalue weighted by Crippen LogP contribution is -2.44. The Morgan fingerprint density at radius 3 is 2.35 bits per heavy atom. The molecule has 0 aromatic heterocycles. The Balaban J connectivity index is 2.15. The first kappa shape index (κ1) is 21.0. The predicted molar refractivity (Wildman–Crippen MR) is 97.7 cm³/mol. The molecule has 7 nitrogen and oxygen atoms in total. The molecule has 1 aliphatic heterocycles. The van der Waals surface area contributed by atoms with E-state index in [4.69, 9.17) is 33.1 Å². The van der Waals surface area contributed by atoms with Crippen LogP contribution < -0.4 is 5.14 Å². The average molecular weight is 423 g/mol. The van der Waals surface area contributed by atoms with E-state index in [1.165, 1.54) is 6.92 Å². The summed E-state index contributed by atoms with van der Waals surface area (Å²) in [6.45, 7) is 4.80. The van der Waals surface area contributed by atoms with Gasteiger partial charge in [-0.25, -0.2) is 18.4 Å². The Hall–Kier alpha value is -1.35. The van der Waals surface area contributed by atoms with Gasteiger partial charge in [-0.3, -0.25) is 4.79 Å². The van der Waals surface area contributed by atoms with Crippen LogP contribution in [-0.2, 0) is 19.6 Å². The highest BCUT2D eigenvalue weighted by atomic mass is 35.5. The van der Waals surface area contributed by atoms with Crippen molar-refractivity contribution in [2.24, 2.45) is 11.1 Å². The number of benzene rings is 1. The molecule has 10 heteroatoms. The first-order valence-corrected chi connectivity index (χ1v) is 10.3. The normalized spacial score (nSPS) is 17.0. The zero-order valence-corrected chi connectivity index (χ0v) is 16.7. The van der Waals surface area contributed by atoms with Crippen LogP contribution in [0.15, 0.2) is 17.0 Å². The van der Waals surface area contributed by atoms with E-state index in [0.29, 0.717) is 19.0 Å². The molecule has 1 amide bonds. The third-order valence-electron chi connectivity index (χ3n) is 4.27. The van der Waals surface area contributed by atoms with E-state index in [0.717, 1.165) is 25.0 Å². The lowest BCUT2D eigenvalue weighted by atomic mass is 9.99. The van der Waals surface area contributed by atoms with E-state index in [9.17, 15) is 18.0 Å². The molecule has 0 aliphatic carbocycles. The SMILES string of the molecule is CC1CCN(C(=O)C(C)OC(=O)c2cc(S(N)(=O)=O)c(Cl)cc2Cl)CC1. The fourth-order valence-electron chi connectivity index (χ4n) is 2.66. The molecule has 1 aliphatic rings. The van der Waals surface area contributed by atoms with Gasteiger partial charge in [-0.05, 0) is 37.8 Å². The van der Waals surface area contributed by atoms with Gasteiger partial charge >= 0.3 is 5.97 Å². The minimum Gasteiger partial charge on any atom is -0.449 e. The molecule has 1 heterocycles. The van der Waals surface area contributed by atoms with Gasteiger partial charge in [-0.1, -0.05) is 30.1 Å². The molecule has 1 unspecified atom stereocenters. The van der Waals surface area contributed by atoms with Crippen molar-refractivity contribution in [2.75, 3.05) is 13.1 Å². The van der Waals surface area contributed by atoms with E-state index in [-0.39, 0.29) is 21.5 Å². The third kappa shape index (κ3) is 4.88. The standard InChI is InChI=1S/C16H20Cl2N2O5S/c1-9-3-5-20(6-4-9)15(21)10(2)25-16(22)11-7-14(26(19,23)24)13(18)8-12(11)17/h7-10H,3-6H2,1-2H3,(H2,19,23,24). The van der Waals surface area contributed by atoms with Crippen molar-refractivity contribution in [3.8, 4) is 0 Å². The Morgan fingerprint density at radius 2 is 1.81 bits per heavy atom. The van der Waals surface area contributed by atoms with Crippen LogP contribution >= 0.6 is 23.2 Å². The highest BCUT2D eigenvalue weighted by Gasteiger charge is 2.28.